The van der Waals surface area contributed by atoms with Crippen LogP contribution in [-0.4, -0.2) is 37.2 Å². The molecule has 1 aromatic rings. The highest BCUT2D eigenvalue weighted by Gasteiger charge is 2.25. The molecule has 0 spiro atoms. The van der Waals surface area contributed by atoms with Crippen LogP contribution in [0.15, 0.2) is 24.3 Å². The van der Waals surface area contributed by atoms with Crippen LogP contribution < -0.4 is 10.5 Å². The molecule has 3 nitrogen and oxygen atoms in total. The summed E-state index contributed by atoms with van der Waals surface area (Å²) in [5.41, 5.74) is 7.29. The number of hydrogen-bond acceptors (Lipinski definition) is 3. The van der Waals surface area contributed by atoms with Gasteiger partial charge in [-0.2, -0.15) is 0 Å². The maximum absolute atomic E-state index is 5.94. The van der Waals surface area contributed by atoms with E-state index in [4.69, 9.17) is 10.5 Å². The average molecular weight is 290 g/mol. The number of ether oxygens (including phenoxy) is 1. The second-order valence-electron chi connectivity index (χ2n) is 7.32. The molecule has 118 valence electrons. The van der Waals surface area contributed by atoms with E-state index < -0.39 is 0 Å². The highest BCUT2D eigenvalue weighted by molar-refractivity contribution is 5.31. The molecule has 0 aliphatic carbocycles. The second-order valence-corrected chi connectivity index (χ2v) is 7.32. The van der Waals surface area contributed by atoms with Crippen molar-refractivity contribution in [3.05, 3.63) is 29.8 Å². The predicted octanol–water partition coefficient (Wildman–Crippen LogP) is 3.03. The average Bonchev–Trinajstić information content (AvgIpc) is 2.93. The van der Waals surface area contributed by atoms with Gasteiger partial charge in [-0.25, -0.2) is 0 Å². The molecule has 21 heavy (non-hydrogen) atoms. The maximum atomic E-state index is 5.94. The third kappa shape index (κ3) is 4.45. The van der Waals surface area contributed by atoms with E-state index in [0.29, 0.717) is 12.0 Å². The van der Waals surface area contributed by atoms with Crippen molar-refractivity contribution in [3.63, 3.8) is 0 Å². The quantitative estimate of drug-likeness (QED) is 0.906. The number of nitrogens with two attached hydrogens (primary N) is 1. The Balaban J connectivity index is 1.83. The van der Waals surface area contributed by atoms with Gasteiger partial charge in [0.2, 0.25) is 0 Å². The number of benzene rings is 1. The van der Waals surface area contributed by atoms with Gasteiger partial charge >= 0.3 is 0 Å². The van der Waals surface area contributed by atoms with Crippen LogP contribution in [0.5, 0.6) is 5.75 Å². The lowest BCUT2D eigenvalue weighted by Crippen LogP contribution is -2.36. The smallest absolute Gasteiger partial charge is 0.119 e. The lowest BCUT2D eigenvalue weighted by molar-refractivity contribution is 0.168. The van der Waals surface area contributed by atoms with Crippen molar-refractivity contribution < 1.29 is 4.74 Å². The molecule has 2 atom stereocenters. The van der Waals surface area contributed by atoms with Crippen LogP contribution in [0.3, 0.4) is 0 Å². The van der Waals surface area contributed by atoms with Gasteiger partial charge < -0.3 is 10.5 Å². The van der Waals surface area contributed by atoms with Crippen molar-refractivity contribution in [2.24, 2.45) is 11.7 Å². The third-order valence-corrected chi connectivity index (χ3v) is 4.49. The van der Waals surface area contributed by atoms with E-state index in [1.165, 1.54) is 12.0 Å². The Morgan fingerprint density at radius 2 is 1.95 bits per heavy atom. The molecule has 0 saturated carbocycles. The van der Waals surface area contributed by atoms with Crippen molar-refractivity contribution in [2.45, 2.75) is 45.6 Å². The van der Waals surface area contributed by atoms with E-state index >= 15 is 0 Å². The summed E-state index contributed by atoms with van der Waals surface area (Å²) in [6.07, 6.45) is 1.22. The minimum absolute atomic E-state index is 0.193. The minimum Gasteiger partial charge on any atom is -0.492 e. The van der Waals surface area contributed by atoms with Crippen molar-refractivity contribution in [3.8, 4) is 5.75 Å². The fourth-order valence-corrected chi connectivity index (χ4v) is 2.83. The molecule has 1 aliphatic rings. The molecule has 1 saturated heterocycles. The van der Waals surface area contributed by atoms with Crippen LogP contribution in [0, 0.1) is 5.92 Å². The third-order valence-electron chi connectivity index (χ3n) is 4.49. The summed E-state index contributed by atoms with van der Waals surface area (Å²) >= 11 is 0. The topological polar surface area (TPSA) is 38.5 Å². The first-order chi connectivity index (χ1) is 9.90. The minimum atomic E-state index is 0.193. The first-order valence-electron chi connectivity index (χ1n) is 8.07. The normalized spacial score (nSPS) is 21.5. The fourth-order valence-electron chi connectivity index (χ4n) is 2.83. The van der Waals surface area contributed by atoms with Crippen molar-refractivity contribution in [1.29, 1.82) is 0 Å². The zero-order chi connectivity index (χ0) is 15.5. The summed E-state index contributed by atoms with van der Waals surface area (Å²) in [4.78, 5) is 2.49. The maximum Gasteiger partial charge on any atom is 0.119 e. The van der Waals surface area contributed by atoms with Gasteiger partial charge in [0, 0.05) is 12.6 Å². The molecule has 2 rings (SSSR count). The molecule has 0 amide bonds. The van der Waals surface area contributed by atoms with E-state index in [0.717, 1.165) is 32.0 Å². The second kappa shape index (κ2) is 6.80. The number of likely N-dealkylation sites (tertiary alicyclic amines) is 1. The monoisotopic (exact) mass is 290 g/mol. The van der Waals surface area contributed by atoms with Gasteiger partial charge in [-0.1, -0.05) is 32.9 Å². The summed E-state index contributed by atoms with van der Waals surface area (Å²) in [5, 5.41) is 0. The highest BCUT2D eigenvalue weighted by atomic mass is 16.5. The van der Waals surface area contributed by atoms with Crippen LogP contribution in [0.1, 0.15) is 39.7 Å². The summed E-state index contributed by atoms with van der Waals surface area (Å²) < 4.78 is 5.94. The summed E-state index contributed by atoms with van der Waals surface area (Å²) in [7, 11) is 0. The number of hydrogen-bond donors (Lipinski definition) is 1. The Labute approximate surface area is 129 Å². The lowest BCUT2D eigenvalue weighted by Gasteiger charge is -2.24. The molecule has 1 heterocycles. The van der Waals surface area contributed by atoms with E-state index in [1.807, 2.05) is 0 Å². The standard InChI is InChI=1S/C18H30N2O/c1-14(20-10-9-15(11-19)12-20)13-21-17-7-5-16(6-8-17)18(2,3)4/h5-8,14-15H,9-13,19H2,1-4H3/t14?,15-/m0/s1. The molecule has 1 unspecified atom stereocenters. The summed E-state index contributed by atoms with van der Waals surface area (Å²) in [6, 6.07) is 8.95. The number of rotatable bonds is 5. The van der Waals surface area contributed by atoms with Crippen LogP contribution in [0.2, 0.25) is 0 Å². The van der Waals surface area contributed by atoms with Crippen LogP contribution in [-0.2, 0) is 5.41 Å². The molecule has 3 heteroatoms. The van der Waals surface area contributed by atoms with Gasteiger partial charge in [-0.3, -0.25) is 4.90 Å². The Morgan fingerprint density at radius 1 is 1.29 bits per heavy atom. The van der Waals surface area contributed by atoms with Gasteiger partial charge in [-0.15, -0.1) is 0 Å². The highest BCUT2D eigenvalue weighted by Crippen LogP contribution is 2.24. The Kier molecular flexibility index (Phi) is 5.28. The molecular weight excluding hydrogens is 260 g/mol. The SMILES string of the molecule is CC(COc1ccc(C(C)(C)C)cc1)N1CC[C@@H](CN)C1. The van der Waals surface area contributed by atoms with Crippen molar-refractivity contribution in [2.75, 3.05) is 26.2 Å². The van der Waals surface area contributed by atoms with Crippen LogP contribution in [0.4, 0.5) is 0 Å². The molecule has 1 fully saturated rings. The van der Waals surface area contributed by atoms with Crippen LogP contribution >= 0.6 is 0 Å². The lowest BCUT2D eigenvalue weighted by atomic mass is 9.87. The number of nitrogens with zero attached hydrogens (tertiary/aromatic N) is 1. The van der Waals surface area contributed by atoms with Crippen LogP contribution in [0.25, 0.3) is 0 Å². The Morgan fingerprint density at radius 3 is 2.48 bits per heavy atom. The Hall–Kier alpha value is -1.06. The van der Waals surface area contributed by atoms with Gasteiger partial charge in [0.05, 0.1) is 0 Å². The Bertz CT molecular complexity index is 436. The largest absolute Gasteiger partial charge is 0.492 e. The van der Waals surface area contributed by atoms with E-state index in [-0.39, 0.29) is 5.41 Å². The predicted molar refractivity (Wildman–Crippen MR) is 88.8 cm³/mol. The molecule has 0 bridgehead atoms. The molecule has 2 N–H and O–H groups in total. The molecule has 1 aliphatic heterocycles. The molecular formula is C18H30N2O. The zero-order valence-corrected chi connectivity index (χ0v) is 13.9. The molecule has 0 aromatic heterocycles. The zero-order valence-electron chi connectivity index (χ0n) is 13.9. The van der Waals surface area contributed by atoms with Crippen molar-refractivity contribution in [1.82, 2.24) is 4.90 Å². The first-order valence-corrected chi connectivity index (χ1v) is 8.07. The van der Waals surface area contributed by atoms with Gasteiger partial charge in [0.25, 0.3) is 0 Å². The summed E-state index contributed by atoms with van der Waals surface area (Å²) in [5.74, 6) is 1.63. The van der Waals surface area contributed by atoms with E-state index in [9.17, 15) is 0 Å². The first kappa shape index (κ1) is 16.3. The van der Waals surface area contributed by atoms with Gasteiger partial charge in [0.15, 0.2) is 0 Å². The molecule has 1 aromatic carbocycles. The van der Waals surface area contributed by atoms with E-state index in [2.05, 4.69) is 56.9 Å². The van der Waals surface area contributed by atoms with Gasteiger partial charge in [0.1, 0.15) is 12.4 Å². The van der Waals surface area contributed by atoms with Gasteiger partial charge in [-0.05, 0) is 55.5 Å². The molecule has 0 radical (unpaired) electrons. The van der Waals surface area contributed by atoms with Crippen molar-refractivity contribution >= 4 is 0 Å². The fraction of sp³-hybridized carbons (Fsp3) is 0.667. The van der Waals surface area contributed by atoms with E-state index in [1.54, 1.807) is 0 Å². The summed E-state index contributed by atoms with van der Waals surface area (Å²) in [6.45, 7) is 12.7.